The summed E-state index contributed by atoms with van der Waals surface area (Å²) in [5.41, 5.74) is 13.9. The molecule has 0 radical (unpaired) electrons. The SMILES string of the molecule is N[C@@H](CSCCSC[C@H](N)C(O)(c1ccccc1)c1ccccc1)C(O)(c1ccccc1)c1ccccc1. The second kappa shape index (κ2) is 13.5. The fraction of sp³-hybridized carbons (Fsp3) is 0.250. The first kappa shape index (κ1) is 28.4. The number of nitrogens with two attached hydrogens (primary N) is 2. The van der Waals surface area contributed by atoms with Crippen LogP contribution in [0.1, 0.15) is 22.3 Å². The summed E-state index contributed by atoms with van der Waals surface area (Å²) in [5.74, 6) is 2.93. The van der Waals surface area contributed by atoms with Crippen LogP contribution in [0.5, 0.6) is 0 Å². The van der Waals surface area contributed by atoms with Crippen LogP contribution in [0.15, 0.2) is 121 Å². The van der Waals surface area contributed by atoms with Crippen LogP contribution in [-0.4, -0.2) is 45.3 Å². The number of hydrogen-bond donors (Lipinski definition) is 4. The van der Waals surface area contributed by atoms with Crippen molar-refractivity contribution in [2.45, 2.75) is 23.3 Å². The van der Waals surface area contributed by atoms with Gasteiger partial charge in [-0.05, 0) is 22.3 Å². The minimum absolute atomic E-state index is 0.481. The Hall–Kier alpha value is -2.58. The summed E-state index contributed by atoms with van der Waals surface area (Å²) >= 11 is 3.44. The normalized spacial score (nSPS) is 13.7. The van der Waals surface area contributed by atoms with Gasteiger partial charge in [0.25, 0.3) is 0 Å². The van der Waals surface area contributed by atoms with Crippen molar-refractivity contribution in [3.63, 3.8) is 0 Å². The highest BCUT2D eigenvalue weighted by Gasteiger charge is 2.39. The standard InChI is InChI=1S/C32H36N2O2S2/c33-29(31(35,25-13-5-1-6-14-25)26-15-7-2-8-16-26)23-37-21-22-38-24-30(34)32(36,27-17-9-3-10-18-27)28-19-11-4-12-20-28/h1-20,29-30,35-36H,21-24,33-34H2/t29-,30-/m0/s1. The second-order valence-electron chi connectivity index (χ2n) is 9.36. The van der Waals surface area contributed by atoms with E-state index in [1.807, 2.05) is 121 Å². The summed E-state index contributed by atoms with van der Waals surface area (Å²) in [6.45, 7) is 0. The predicted molar refractivity (Wildman–Crippen MR) is 162 cm³/mol. The molecule has 0 aliphatic carbocycles. The maximum atomic E-state index is 11.8. The van der Waals surface area contributed by atoms with Crippen LogP contribution >= 0.6 is 23.5 Å². The van der Waals surface area contributed by atoms with Gasteiger partial charge in [-0.2, -0.15) is 23.5 Å². The van der Waals surface area contributed by atoms with Gasteiger partial charge in [-0.15, -0.1) is 0 Å². The summed E-state index contributed by atoms with van der Waals surface area (Å²) in [6, 6.07) is 37.6. The molecule has 4 aromatic rings. The minimum atomic E-state index is -1.27. The third kappa shape index (κ3) is 6.34. The summed E-state index contributed by atoms with van der Waals surface area (Å²) in [6.07, 6.45) is 0. The molecule has 6 heteroatoms. The summed E-state index contributed by atoms with van der Waals surface area (Å²) < 4.78 is 0. The van der Waals surface area contributed by atoms with E-state index in [0.717, 1.165) is 33.8 Å². The van der Waals surface area contributed by atoms with Crippen molar-refractivity contribution in [2.75, 3.05) is 23.0 Å². The van der Waals surface area contributed by atoms with E-state index in [2.05, 4.69) is 0 Å². The van der Waals surface area contributed by atoms with Gasteiger partial charge in [0.1, 0.15) is 11.2 Å². The van der Waals surface area contributed by atoms with E-state index in [9.17, 15) is 10.2 Å². The van der Waals surface area contributed by atoms with E-state index in [0.29, 0.717) is 11.5 Å². The van der Waals surface area contributed by atoms with Gasteiger partial charge in [0.05, 0.1) is 12.1 Å². The average molecular weight is 545 g/mol. The highest BCUT2D eigenvalue weighted by molar-refractivity contribution is 8.02. The molecule has 0 saturated carbocycles. The smallest absolute Gasteiger partial charge is 0.130 e. The number of rotatable bonds is 13. The van der Waals surface area contributed by atoms with Crippen molar-refractivity contribution in [3.05, 3.63) is 144 Å². The Labute approximate surface area is 234 Å². The lowest BCUT2D eigenvalue weighted by Crippen LogP contribution is -2.48. The third-order valence-corrected chi connectivity index (χ3v) is 9.33. The molecular formula is C32H36N2O2S2. The molecule has 6 N–H and O–H groups in total. The molecule has 0 aliphatic rings. The number of benzene rings is 4. The van der Waals surface area contributed by atoms with E-state index < -0.39 is 23.3 Å². The Morgan fingerprint density at radius 2 is 0.711 bits per heavy atom. The Morgan fingerprint density at radius 3 is 0.947 bits per heavy atom. The third-order valence-electron chi connectivity index (χ3n) is 6.90. The fourth-order valence-electron chi connectivity index (χ4n) is 4.74. The lowest BCUT2D eigenvalue weighted by molar-refractivity contribution is 0.0592. The molecule has 4 nitrogen and oxygen atoms in total. The molecule has 0 heterocycles. The first-order valence-electron chi connectivity index (χ1n) is 12.8. The van der Waals surface area contributed by atoms with Gasteiger partial charge in [0, 0.05) is 23.0 Å². The summed E-state index contributed by atoms with van der Waals surface area (Å²) in [5, 5.41) is 23.6. The highest BCUT2D eigenvalue weighted by Crippen LogP contribution is 2.35. The van der Waals surface area contributed by atoms with E-state index in [1.165, 1.54) is 0 Å². The van der Waals surface area contributed by atoms with Gasteiger partial charge >= 0.3 is 0 Å². The first-order valence-corrected chi connectivity index (χ1v) is 15.1. The monoisotopic (exact) mass is 544 g/mol. The largest absolute Gasteiger partial charge is 0.379 e. The first-order chi connectivity index (χ1) is 18.5. The second-order valence-corrected chi connectivity index (χ2v) is 11.7. The molecule has 0 amide bonds. The van der Waals surface area contributed by atoms with E-state index in [1.54, 1.807) is 23.5 Å². The minimum Gasteiger partial charge on any atom is -0.379 e. The summed E-state index contributed by atoms with van der Waals surface area (Å²) in [7, 11) is 0. The zero-order valence-corrected chi connectivity index (χ0v) is 23.0. The van der Waals surface area contributed by atoms with Crippen molar-refractivity contribution >= 4 is 23.5 Å². The topological polar surface area (TPSA) is 92.5 Å². The molecule has 2 atom stereocenters. The fourth-order valence-corrected chi connectivity index (χ4v) is 7.00. The van der Waals surface area contributed by atoms with Crippen LogP contribution in [0.3, 0.4) is 0 Å². The molecule has 0 bridgehead atoms. The van der Waals surface area contributed by atoms with Crippen molar-refractivity contribution in [3.8, 4) is 0 Å². The lowest BCUT2D eigenvalue weighted by atomic mass is 9.81. The van der Waals surface area contributed by atoms with Crippen molar-refractivity contribution < 1.29 is 10.2 Å². The Morgan fingerprint density at radius 1 is 0.474 bits per heavy atom. The molecule has 4 rings (SSSR count). The number of hydrogen-bond acceptors (Lipinski definition) is 6. The van der Waals surface area contributed by atoms with Crippen LogP contribution in [-0.2, 0) is 11.2 Å². The van der Waals surface area contributed by atoms with Crippen LogP contribution in [0.25, 0.3) is 0 Å². The average Bonchev–Trinajstić information content (AvgIpc) is 2.99. The van der Waals surface area contributed by atoms with E-state index in [4.69, 9.17) is 11.5 Å². The number of thioether (sulfide) groups is 2. The summed E-state index contributed by atoms with van der Waals surface area (Å²) in [4.78, 5) is 0. The molecule has 0 saturated heterocycles. The maximum Gasteiger partial charge on any atom is 0.130 e. The molecule has 0 aromatic heterocycles. The van der Waals surface area contributed by atoms with Crippen molar-refractivity contribution in [2.24, 2.45) is 11.5 Å². The molecule has 4 aromatic carbocycles. The van der Waals surface area contributed by atoms with Crippen LogP contribution in [0.2, 0.25) is 0 Å². The lowest BCUT2D eigenvalue weighted by Gasteiger charge is -2.35. The number of aliphatic hydroxyl groups is 2. The van der Waals surface area contributed by atoms with E-state index >= 15 is 0 Å². The maximum absolute atomic E-state index is 11.8. The van der Waals surface area contributed by atoms with Crippen LogP contribution in [0, 0.1) is 0 Å². The molecule has 198 valence electrons. The van der Waals surface area contributed by atoms with Gasteiger partial charge in [-0.25, -0.2) is 0 Å². The predicted octanol–water partition coefficient (Wildman–Crippen LogP) is 4.98. The quantitative estimate of drug-likeness (QED) is 0.178. The molecule has 0 fully saturated rings. The van der Waals surface area contributed by atoms with Gasteiger partial charge < -0.3 is 21.7 Å². The van der Waals surface area contributed by atoms with Gasteiger partial charge in [-0.3, -0.25) is 0 Å². The molecule has 0 aliphatic heterocycles. The Bertz CT molecular complexity index is 1050. The molecular weight excluding hydrogens is 508 g/mol. The zero-order chi connectivity index (χ0) is 26.8. The Kier molecular flexibility index (Phi) is 10.1. The van der Waals surface area contributed by atoms with Gasteiger partial charge in [-0.1, -0.05) is 121 Å². The molecule has 38 heavy (non-hydrogen) atoms. The van der Waals surface area contributed by atoms with Crippen LogP contribution in [0.4, 0.5) is 0 Å². The van der Waals surface area contributed by atoms with Gasteiger partial charge in [0.15, 0.2) is 0 Å². The van der Waals surface area contributed by atoms with Crippen molar-refractivity contribution in [1.82, 2.24) is 0 Å². The highest BCUT2D eigenvalue weighted by atomic mass is 32.2. The Balaban J connectivity index is 1.34. The zero-order valence-electron chi connectivity index (χ0n) is 21.4. The van der Waals surface area contributed by atoms with Crippen LogP contribution < -0.4 is 11.5 Å². The molecule has 0 unspecified atom stereocenters. The van der Waals surface area contributed by atoms with Gasteiger partial charge in [0.2, 0.25) is 0 Å². The van der Waals surface area contributed by atoms with E-state index in [-0.39, 0.29) is 0 Å². The molecule has 0 spiro atoms. The van der Waals surface area contributed by atoms with Crippen molar-refractivity contribution in [1.29, 1.82) is 0 Å².